The fourth-order valence-electron chi connectivity index (χ4n) is 4.25. The van der Waals surface area contributed by atoms with Crippen LogP contribution in [0.2, 0.25) is 0 Å². The van der Waals surface area contributed by atoms with Gasteiger partial charge in [0.15, 0.2) is 0 Å². The highest BCUT2D eigenvalue weighted by molar-refractivity contribution is 7.92. The predicted molar refractivity (Wildman–Crippen MR) is 107 cm³/mol. The summed E-state index contributed by atoms with van der Waals surface area (Å²) in [7, 11) is -3.63. The van der Waals surface area contributed by atoms with Crippen molar-refractivity contribution in [2.45, 2.75) is 31.1 Å². The van der Waals surface area contributed by atoms with Gasteiger partial charge in [-0.2, -0.15) is 0 Å². The molecule has 2 aromatic carbocycles. The average molecular weight is 397 g/mol. The van der Waals surface area contributed by atoms with Crippen LogP contribution < -0.4 is 4.72 Å². The van der Waals surface area contributed by atoms with Crippen LogP contribution in [0.4, 0.5) is 5.69 Å². The summed E-state index contributed by atoms with van der Waals surface area (Å²) in [4.78, 5) is 12.6. The first kappa shape index (κ1) is 18.7. The lowest BCUT2D eigenvalue weighted by Crippen LogP contribution is -2.31. The number of esters is 1. The summed E-state index contributed by atoms with van der Waals surface area (Å²) in [5.41, 5.74) is 3.06. The number of carbonyl (C=O) groups is 1. The van der Waals surface area contributed by atoms with Crippen LogP contribution in [0, 0.1) is 18.3 Å². The van der Waals surface area contributed by atoms with Crippen LogP contribution in [0.5, 0.6) is 0 Å². The van der Waals surface area contributed by atoms with Crippen LogP contribution in [0.1, 0.15) is 24.0 Å². The number of cyclic esters (lactones) is 1. The number of aryl methyl sites for hydroxylation is 1. The summed E-state index contributed by atoms with van der Waals surface area (Å²) in [6.45, 7) is 6.44. The van der Waals surface area contributed by atoms with Gasteiger partial charge in [-0.25, -0.2) is 8.42 Å². The first-order chi connectivity index (χ1) is 13.3. The van der Waals surface area contributed by atoms with Crippen LogP contribution >= 0.6 is 0 Å². The first-order valence-corrected chi connectivity index (χ1v) is 10.8. The molecule has 28 heavy (non-hydrogen) atoms. The number of carbonyl (C=O) groups excluding carboxylic acids is 1. The molecule has 0 bridgehead atoms. The largest absolute Gasteiger partial charge is 0.465 e. The molecule has 2 aliphatic rings. The molecule has 2 aromatic rings. The summed E-state index contributed by atoms with van der Waals surface area (Å²) in [5.74, 6) is 0.0486. The molecule has 0 amide bonds. The summed E-state index contributed by atoms with van der Waals surface area (Å²) in [6.07, 6.45) is 2.08. The quantitative estimate of drug-likeness (QED) is 0.614. The third-order valence-electron chi connectivity index (χ3n) is 5.76. The number of benzene rings is 2. The Hall–Kier alpha value is -2.60. The van der Waals surface area contributed by atoms with Gasteiger partial charge in [-0.3, -0.25) is 9.52 Å². The van der Waals surface area contributed by atoms with Crippen molar-refractivity contribution in [2.24, 2.45) is 11.3 Å². The van der Waals surface area contributed by atoms with Crippen LogP contribution in [0.25, 0.3) is 0 Å². The van der Waals surface area contributed by atoms with Gasteiger partial charge < -0.3 is 4.74 Å². The molecule has 2 unspecified atom stereocenters. The zero-order valence-corrected chi connectivity index (χ0v) is 16.6. The average Bonchev–Trinajstić information content (AvgIpc) is 3.11. The summed E-state index contributed by atoms with van der Waals surface area (Å²) in [6, 6.07) is 13.9. The molecule has 2 fully saturated rings. The minimum Gasteiger partial charge on any atom is -0.465 e. The third-order valence-corrected chi connectivity index (χ3v) is 7.16. The van der Waals surface area contributed by atoms with Gasteiger partial charge in [0.25, 0.3) is 10.0 Å². The molecule has 5 nitrogen and oxygen atoms in total. The highest BCUT2D eigenvalue weighted by Crippen LogP contribution is 2.52. The number of ether oxygens (including phenoxy) is 1. The predicted octanol–water partition coefficient (Wildman–Crippen LogP) is 3.85. The van der Waals surface area contributed by atoms with Gasteiger partial charge in [0, 0.05) is 11.6 Å². The molecule has 1 aliphatic carbocycles. The number of hydrogen-bond donors (Lipinski definition) is 1. The van der Waals surface area contributed by atoms with E-state index in [1.54, 1.807) is 36.4 Å². The number of allylic oxidation sites excluding steroid dienone is 1. The summed E-state index contributed by atoms with van der Waals surface area (Å²) >= 11 is 0. The Balaban J connectivity index is 1.51. The van der Waals surface area contributed by atoms with Gasteiger partial charge in [0.2, 0.25) is 0 Å². The molecular weight excluding hydrogens is 374 g/mol. The number of hydrogen-bond acceptors (Lipinski definition) is 4. The van der Waals surface area contributed by atoms with E-state index in [1.165, 1.54) is 0 Å². The van der Waals surface area contributed by atoms with Gasteiger partial charge in [0.05, 0.1) is 16.9 Å². The fraction of sp³-hybridized carbons (Fsp3) is 0.318. The van der Waals surface area contributed by atoms with E-state index in [1.807, 2.05) is 19.1 Å². The molecule has 1 heterocycles. The lowest BCUT2D eigenvalue weighted by atomic mass is 9.75. The maximum absolute atomic E-state index is 12.5. The summed E-state index contributed by atoms with van der Waals surface area (Å²) in [5, 5.41) is 0. The van der Waals surface area contributed by atoms with E-state index < -0.39 is 15.4 Å². The molecule has 0 aromatic heterocycles. The van der Waals surface area contributed by atoms with Crippen LogP contribution in [-0.2, 0) is 26.0 Å². The first-order valence-electron chi connectivity index (χ1n) is 9.31. The van der Waals surface area contributed by atoms with Crippen molar-refractivity contribution >= 4 is 21.7 Å². The van der Waals surface area contributed by atoms with E-state index >= 15 is 0 Å². The Morgan fingerprint density at radius 1 is 1.14 bits per heavy atom. The lowest BCUT2D eigenvalue weighted by molar-refractivity contribution is -0.146. The molecular formula is C22H23NO4S. The Morgan fingerprint density at radius 2 is 1.82 bits per heavy atom. The van der Waals surface area contributed by atoms with Crippen molar-refractivity contribution < 1.29 is 17.9 Å². The van der Waals surface area contributed by atoms with Crippen LogP contribution in [-0.4, -0.2) is 21.0 Å². The van der Waals surface area contributed by atoms with Gasteiger partial charge >= 0.3 is 5.97 Å². The minimum absolute atomic E-state index is 0.139. The van der Waals surface area contributed by atoms with Gasteiger partial charge in [-0.05, 0) is 56.0 Å². The molecule has 1 N–H and O–H groups in total. The lowest BCUT2D eigenvalue weighted by Gasteiger charge is -2.24. The molecule has 1 aliphatic heterocycles. The van der Waals surface area contributed by atoms with E-state index in [-0.39, 0.29) is 16.8 Å². The van der Waals surface area contributed by atoms with E-state index in [4.69, 9.17) is 4.74 Å². The topological polar surface area (TPSA) is 72.5 Å². The smallest absolute Gasteiger partial charge is 0.313 e. The summed E-state index contributed by atoms with van der Waals surface area (Å²) < 4.78 is 33.0. The maximum atomic E-state index is 12.5. The number of nitrogens with one attached hydrogen (secondary N) is 1. The van der Waals surface area contributed by atoms with Crippen molar-refractivity contribution in [1.29, 1.82) is 0 Å². The Morgan fingerprint density at radius 3 is 2.50 bits per heavy atom. The van der Waals surface area contributed by atoms with Gasteiger partial charge in [0.1, 0.15) is 0 Å². The number of sulfonamides is 1. The zero-order valence-electron chi connectivity index (χ0n) is 15.8. The monoisotopic (exact) mass is 397 g/mol. The van der Waals surface area contributed by atoms with E-state index in [2.05, 4.69) is 11.3 Å². The third kappa shape index (κ3) is 3.33. The molecule has 6 heteroatoms. The SMILES string of the molecule is C=C1CC2COC(=O)C2(Cc2ccc(NS(=O)(=O)c3ccc(C)cc3)cc2)C1. The highest BCUT2D eigenvalue weighted by Gasteiger charge is 2.55. The number of rotatable bonds is 5. The second-order valence-corrected chi connectivity index (χ2v) is 9.56. The zero-order chi connectivity index (χ0) is 19.9. The highest BCUT2D eigenvalue weighted by atomic mass is 32.2. The van der Waals surface area contributed by atoms with E-state index in [0.29, 0.717) is 25.1 Å². The Bertz CT molecular complexity index is 1030. The van der Waals surface area contributed by atoms with Crippen LogP contribution in [0.3, 0.4) is 0 Å². The minimum atomic E-state index is -3.63. The number of fused-ring (bicyclic) bond motifs is 1. The maximum Gasteiger partial charge on any atom is 0.313 e. The molecule has 146 valence electrons. The van der Waals surface area contributed by atoms with Crippen molar-refractivity contribution in [3.8, 4) is 0 Å². The standard InChI is InChI=1S/C22H23NO4S/c1-15-3-9-20(10-4-15)28(25,26)23-19-7-5-17(6-8-19)13-22-12-16(2)11-18(22)14-27-21(22)24/h3-10,18,23H,2,11-14H2,1H3. The van der Waals surface area contributed by atoms with Gasteiger partial charge in [-0.15, -0.1) is 0 Å². The molecule has 4 rings (SSSR count). The molecule has 1 saturated carbocycles. The second-order valence-electron chi connectivity index (χ2n) is 7.87. The normalized spacial score (nSPS) is 24.1. The fourth-order valence-corrected chi connectivity index (χ4v) is 5.31. The Kier molecular flexibility index (Phi) is 4.54. The van der Waals surface area contributed by atoms with Crippen molar-refractivity contribution in [3.63, 3.8) is 0 Å². The molecule has 2 atom stereocenters. The van der Waals surface area contributed by atoms with E-state index in [9.17, 15) is 13.2 Å². The van der Waals surface area contributed by atoms with Crippen molar-refractivity contribution in [3.05, 3.63) is 71.8 Å². The van der Waals surface area contributed by atoms with E-state index in [0.717, 1.165) is 23.1 Å². The molecule has 0 spiro atoms. The van der Waals surface area contributed by atoms with Crippen molar-refractivity contribution in [2.75, 3.05) is 11.3 Å². The Labute approximate surface area is 165 Å². The second kappa shape index (κ2) is 6.78. The number of anilines is 1. The molecule has 1 saturated heterocycles. The van der Waals surface area contributed by atoms with Gasteiger partial charge in [-0.1, -0.05) is 42.0 Å². The van der Waals surface area contributed by atoms with Crippen LogP contribution in [0.15, 0.2) is 65.6 Å². The van der Waals surface area contributed by atoms with Crippen molar-refractivity contribution in [1.82, 2.24) is 0 Å². The molecule has 0 radical (unpaired) electrons.